The molecule has 2 aliphatic rings. The Hall–Kier alpha value is -0.610. The second-order valence-electron chi connectivity index (χ2n) is 5.71. The summed E-state index contributed by atoms with van der Waals surface area (Å²) in [5.41, 5.74) is 6.14. The molecule has 1 aliphatic heterocycles. The topological polar surface area (TPSA) is 49.6 Å². The van der Waals surface area contributed by atoms with Crippen LogP contribution in [0.1, 0.15) is 39.5 Å². The normalized spacial score (nSPS) is 32.9. The third kappa shape index (κ3) is 3.23. The van der Waals surface area contributed by atoms with Gasteiger partial charge in [0.25, 0.3) is 0 Å². The molecular weight excluding hydrogens is 226 g/mol. The molecule has 0 aromatic rings. The monoisotopic (exact) mass is 255 g/mol. The predicted octanol–water partition coefficient (Wildman–Crippen LogP) is 1.30. The van der Waals surface area contributed by atoms with Crippen molar-refractivity contribution in [1.29, 1.82) is 0 Å². The summed E-state index contributed by atoms with van der Waals surface area (Å²) in [6.45, 7) is 1.95. The van der Waals surface area contributed by atoms with Crippen LogP contribution in [0.25, 0.3) is 0 Å². The lowest BCUT2D eigenvalue weighted by Gasteiger charge is -2.37. The highest BCUT2D eigenvalue weighted by Gasteiger charge is 2.34. The summed E-state index contributed by atoms with van der Waals surface area (Å²) in [6, 6.07) is 0.444. The summed E-state index contributed by atoms with van der Waals surface area (Å²) in [6.07, 6.45) is 5.56. The SMILES string of the molecule is C.CN1CC[C@@H](C(=O)N(C)[C@H]2CCCC[C@@H]2N)C1. The smallest absolute Gasteiger partial charge is 0.227 e. The minimum atomic E-state index is 0. The molecule has 0 aromatic carbocycles. The third-order valence-corrected chi connectivity index (χ3v) is 4.37. The first-order valence-electron chi connectivity index (χ1n) is 6.80. The number of likely N-dealkylation sites (tertiary alicyclic amines) is 1. The molecule has 4 nitrogen and oxygen atoms in total. The van der Waals surface area contributed by atoms with Gasteiger partial charge in [-0.25, -0.2) is 0 Å². The van der Waals surface area contributed by atoms with Gasteiger partial charge in [-0.15, -0.1) is 0 Å². The van der Waals surface area contributed by atoms with Gasteiger partial charge in [-0.3, -0.25) is 4.79 Å². The van der Waals surface area contributed by atoms with Crippen molar-refractivity contribution < 1.29 is 4.79 Å². The van der Waals surface area contributed by atoms with E-state index >= 15 is 0 Å². The van der Waals surface area contributed by atoms with E-state index in [0.29, 0.717) is 5.91 Å². The Balaban J connectivity index is 0.00000162. The second kappa shape index (κ2) is 6.53. The number of carbonyl (C=O) groups excluding carboxylic acids is 1. The van der Waals surface area contributed by atoms with Crippen LogP contribution in [0.4, 0.5) is 0 Å². The van der Waals surface area contributed by atoms with Crippen molar-refractivity contribution in [2.45, 2.75) is 51.6 Å². The number of nitrogens with zero attached hydrogens (tertiary/aromatic N) is 2. The first kappa shape index (κ1) is 15.4. The van der Waals surface area contributed by atoms with Crippen molar-refractivity contribution in [2.24, 2.45) is 11.7 Å². The first-order valence-corrected chi connectivity index (χ1v) is 6.80. The van der Waals surface area contributed by atoms with Crippen LogP contribution in [0.5, 0.6) is 0 Å². The molecule has 3 atom stereocenters. The van der Waals surface area contributed by atoms with Crippen LogP contribution in [0.15, 0.2) is 0 Å². The average Bonchev–Trinajstić information content (AvgIpc) is 2.75. The van der Waals surface area contributed by atoms with Crippen molar-refractivity contribution in [2.75, 3.05) is 27.2 Å². The van der Waals surface area contributed by atoms with E-state index in [4.69, 9.17) is 5.73 Å². The number of carbonyl (C=O) groups is 1. The number of likely N-dealkylation sites (N-methyl/N-ethyl adjacent to an activating group) is 1. The largest absolute Gasteiger partial charge is 0.341 e. The molecule has 1 saturated heterocycles. The zero-order valence-electron chi connectivity index (χ0n) is 11.1. The molecule has 0 unspecified atom stereocenters. The van der Waals surface area contributed by atoms with Crippen LogP contribution in [0.2, 0.25) is 0 Å². The third-order valence-electron chi connectivity index (χ3n) is 4.37. The molecule has 0 spiro atoms. The van der Waals surface area contributed by atoms with E-state index in [9.17, 15) is 4.79 Å². The van der Waals surface area contributed by atoms with E-state index in [2.05, 4.69) is 11.9 Å². The van der Waals surface area contributed by atoms with E-state index in [1.807, 2.05) is 11.9 Å². The molecule has 18 heavy (non-hydrogen) atoms. The molecule has 0 radical (unpaired) electrons. The fourth-order valence-corrected chi connectivity index (χ4v) is 3.21. The number of rotatable bonds is 2. The number of hydrogen-bond donors (Lipinski definition) is 1. The fraction of sp³-hybridized carbons (Fsp3) is 0.929. The first-order chi connectivity index (χ1) is 8.09. The van der Waals surface area contributed by atoms with Gasteiger partial charge in [-0.2, -0.15) is 0 Å². The highest BCUT2D eigenvalue weighted by molar-refractivity contribution is 5.79. The molecule has 1 saturated carbocycles. The summed E-state index contributed by atoms with van der Waals surface area (Å²) in [7, 11) is 4.02. The minimum absolute atomic E-state index is 0. The highest BCUT2D eigenvalue weighted by Crippen LogP contribution is 2.24. The van der Waals surface area contributed by atoms with Gasteiger partial charge >= 0.3 is 0 Å². The van der Waals surface area contributed by atoms with Gasteiger partial charge < -0.3 is 15.5 Å². The summed E-state index contributed by atoms with van der Waals surface area (Å²) in [4.78, 5) is 16.6. The summed E-state index contributed by atoms with van der Waals surface area (Å²) in [5, 5.41) is 0. The highest BCUT2D eigenvalue weighted by atomic mass is 16.2. The zero-order chi connectivity index (χ0) is 12.4. The Bertz CT molecular complexity index is 282. The van der Waals surface area contributed by atoms with Crippen LogP contribution in [-0.2, 0) is 4.79 Å². The molecule has 2 fully saturated rings. The quantitative estimate of drug-likeness (QED) is 0.809. The Morgan fingerprint density at radius 3 is 2.50 bits per heavy atom. The molecule has 106 valence electrons. The number of hydrogen-bond acceptors (Lipinski definition) is 3. The molecule has 1 aliphatic carbocycles. The maximum absolute atomic E-state index is 12.4. The maximum Gasteiger partial charge on any atom is 0.227 e. The van der Waals surface area contributed by atoms with E-state index in [0.717, 1.165) is 32.4 Å². The van der Waals surface area contributed by atoms with Gasteiger partial charge in [-0.05, 0) is 32.9 Å². The lowest BCUT2D eigenvalue weighted by atomic mass is 9.89. The Kier molecular flexibility index (Phi) is 5.60. The van der Waals surface area contributed by atoms with Crippen molar-refractivity contribution >= 4 is 5.91 Å². The van der Waals surface area contributed by atoms with Gasteiger partial charge in [0.05, 0.1) is 5.92 Å². The van der Waals surface area contributed by atoms with E-state index in [-0.39, 0.29) is 25.4 Å². The van der Waals surface area contributed by atoms with E-state index in [1.165, 1.54) is 12.8 Å². The zero-order valence-corrected chi connectivity index (χ0v) is 11.1. The van der Waals surface area contributed by atoms with Gasteiger partial charge in [-0.1, -0.05) is 20.3 Å². The van der Waals surface area contributed by atoms with Gasteiger partial charge in [0, 0.05) is 25.7 Å². The standard InChI is InChI=1S/C13H25N3O.CH4/c1-15-8-7-10(9-15)13(17)16(2)12-6-4-3-5-11(12)14;/h10-12H,3-9,14H2,1-2H3;1H4/t10-,11+,12+;/m1./s1. The lowest BCUT2D eigenvalue weighted by molar-refractivity contribution is -0.136. The van der Waals surface area contributed by atoms with Crippen LogP contribution in [0.3, 0.4) is 0 Å². The molecule has 2 N–H and O–H groups in total. The minimum Gasteiger partial charge on any atom is -0.341 e. The Morgan fingerprint density at radius 1 is 1.28 bits per heavy atom. The molecule has 1 heterocycles. The molecular formula is C14H29N3O. The Morgan fingerprint density at radius 2 is 1.94 bits per heavy atom. The maximum atomic E-state index is 12.4. The van der Waals surface area contributed by atoms with Gasteiger partial charge in [0.15, 0.2) is 0 Å². The van der Waals surface area contributed by atoms with Crippen LogP contribution < -0.4 is 5.73 Å². The van der Waals surface area contributed by atoms with Gasteiger partial charge in [0.1, 0.15) is 0 Å². The lowest BCUT2D eigenvalue weighted by Crippen LogP contribution is -2.51. The van der Waals surface area contributed by atoms with Crippen molar-refractivity contribution in [3.05, 3.63) is 0 Å². The van der Waals surface area contributed by atoms with E-state index < -0.39 is 0 Å². The molecule has 0 bridgehead atoms. The van der Waals surface area contributed by atoms with Crippen molar-refractivity contribution in [3.63, 3.8) is 0 Å². The number of nitrogens with two attached hydrogens (primary N) is 1. The fourth-order valence-electron chi connectivity index (χ4n) is 3.21. The number of amides is 1. The Labute approximate surface area is 111 Å². The van der Waals surface area contributed by atoms with Crippen molar-refractivity contribution in [1.82, 2.24) is 9.80 Å². The predicted molar refractivity (Wildman–Crippen MR) is 75.3 cm³/mol. The molecule has 1 amide bonds. The van der Waals surface area contributed by atoms with Crippen LogP contribution >= 0.6 is 0 Å². The van der Waals surface area contributed by atoms with Crippen LogP contribution in [0, 0.1) is 5.92 Å². The van der Waals surface area contributed by atoms with Gasteiger partial charge in [0.2, 0.25) is 5.91 Å². The molecule has 2 rings (SSSR count). The molecule has 4 heteroatoms. The van der Waals surface area contributed by atoms with E-state index in [1.54, 1.807) is 0 Å². The van der Waals surface area contributed by atoms with Crippen LogP contribution in [-0.4, -0.2) is 55.0 Å². The summed E-state index contributed by atoms with van der Waals surface area (Å²) >= 11 is 0. The summed E-state index contributed by atoms with van der Waals surface area (Å²) < 4.78 is 0. The second-order valence-corrected chi connectivity index (χ2v) is 5.71. The average molecular weight is 255 g/mol. The molecule has 0 aromatic heterocycles. The van der Waals surface area contributed by atoms with Crippen molar-refractivity contribution in [3.8, 4) is 0 Å². The summed E-state index contributed by atoms with van der Waals surface area (Å²) in [5.74, 6) is 0.496.